The quantitative estimate of drug-likeness (QED) is 0.827. The second-order valence-electron chi connectivity index (χ2n) is 5.75. The fourth-order valence-corrected chi connectivity index (χ4v) is 3.22. The zero-order valence-electron chi connectivity index (χ0n) is 12.5. The molecule has 22 heavy (non-hydrogen) atoms. The molecular weight excluding hydrogens is 302 g/mol. The van der Waals surface area contributed by atoms with Crippen molar-refractivity contribution in [2.24, 2.45) is 5.92 Å². The van der Waals surface area contributed by atoms with E-state index in [1.807, 2.05) is 19.9 Å². The van der Waals surface area contributed by atoms with Gasteiger partial charge in [0.2, 0.25) is 10.0 Å². The molecule has 1 amide bonds. The maximum absolute atomic E-state index is 12.2. The summed E-state index contributed by atoms with van der Waals surface area (Å²) in [6.07, 6.45) is 1.69. The van der Waals surface area contributed by atoms with Crippen molar-refractivity contribution in [2.45, 2.75) is 43.7 Å². The van der Waals surface area contributed by atoms with Crippen LogP contribution in [0, 0.1) is 17.2 Å². The molecule has 2 N–H and O–H groups in total. The first kappa shape index (κ1) is 16.5. The van der Waals surface area contributed by atoms with E-state index in [0.29, 0.717) is 0 Å². The molecule has 6 nitrogen and oxygen atoms in total. The standard InChI is InChI=1S/C15H19N3O3S/c1-10(2)14(9-16)17-15(19)11-4-3-5-13(8-11)22(20,21)18-12-6-7-12/h3-5,8,10,12,14,18H,6-7H2,1-2H3,(H,17,19). The zero-order chi connectivity index (χ0) is 16.3. The molecule has 0 aliphatic heterocycles. The van der Waals surface area contributed by atoms with Crippen molar-refractivity contribution in [3.8, 4) is 6.07 Å². The van der Waals surface area contributed by atoms with Crippen molar-refractivity contribution in [1.82, 2.24) is 10.0 Å². The van der Waals surface area contributed by atoms with Crippen LogP contribution < -0.4 is 10.0 Å². The van der Waals surface area contributed by atoms with Gasteiger partial charge in [-0.2, -0.15) is 5.26 Å². The summed E-state index contributed by atoms with van der Waals surface area (Å²) in [5.74, 6) is -0.485. The van der Waals surface area contributed by atoms with E-state index in [4.69, 9.17) is 5.26 Å². The summed E-state index contributed by atoms with van der Waals surface area (Å²) in [6.45, 7) is 3.66. The zero-order valence-corrected chi connectivity index (χ0v) is 13.4. The number of amides is 1. The molecule has 1 aliphatic rings. The lowest BCUT2D eigenvalue weighted by Gasteiger charge is -2.15. The molecule has 0 saturated heterocycles. The number of sulfonamides is 1. The van der Waals surface area contributed by atoms with Crippen LogP contribution in [0.3, 0.4) is 0 Å². The molecule has 1 saturated carbocycles. The minimum absolute atomic E-state index is 0.00592. The van der Waals surface area contributed by atoms with E-state index in [1.165, 1.54) is 24.3 Å². The molecule has 7 heteroatoms. The Morgan fingerprint density at radius 3 is 2.59 bits per heavy atom. The third-order valence-corrected chi connectivity index (χ3v) is 4.92. The number of nitriles is 1. The minimum atomic E-state index is -3.60. The molecule has 118 valence electrons. The first-order valence-corrected chi connectivity index (χ1v) is 8.64. The van der Waals surface area contributed by atoms with E-state index in [2.05, 4.69) is 10.0 Å². The number of benzene rings is 1. The van der Waals surface area contributed by atoms with Gasteiger partial charge < -0.3 is 5.32 Å². The van der Waals surface area contributed by atoms with Gasteiger partial charge in [0.05, 0.1) is 11.0 Å². The summed E-state index contributed by atoms with van der Waals surface area (Å²) >= 11 is 0. The maximum atomic E-state index is 12.2. The third kappa shape index (κ3) is 4.06. The Morgan fingerprint density at radius 2 is 2.05 bits per heavy atom. The van der Waals surface area contributed by atoms with Crippen molar-refractivity contribution in [3.05, 3.63) is 29.8 Å². The van der Waals surface area contributed by atoms with Crippen LogP contribution in [-0.4, -0.2) is 26.4 Å². The van der Waals surface area contributed by atoms with Gasteiger partial charge in [0.15, 0.2) is 0 Å². The Morgan fingerprint density at radius 1 is 1.36 bits per heavy atom. The van der Waals surface area contributed by atoms with Gasteiger partial charge in [0, 0.05) is 11.6 Å². The molecule has 0 bridgehead atoms. The average Bonchev–Trinajstić information content (AvgIpc) is 3.27. The number of nitrogens with zero attached hydrogens (tertiary/aromatic N) is 1. The Labute approximate surface area is 130 Å². The van der Waals surface area contributed by atoms with Crippen LogP contribution in [0.2, 0.25) is 0 Å². The van der Waals surface area contributed by atoms with Crippen LogP contribution in [0.15, 0.2) is 29.2 Å². The van der Waals surface area contributed by atoms with Gasteiger partial charge in [0.25, 0.3) is 5.91 Å². The summed E-state index contributed by atoms with van der Waals surface area (Å²) in [5, 5.41) is 11.6. The first-order chi connectivity index (χ1) is 10.3. The predicted octanol–water partition coefficient (Wildman–Crippen LogP) is 1.41. The highest BCUT2D eigenvalue weighted by molar-refractivity contribution is 7.89. The van der Waals surface area contributed by atoms with Gasteiger partial charge in [-0.05, 0) is 37.0 Å². The van der Waals surface area contributed by atoms with E-state index in [9.17, 15) is 13.2 Å². The van der Waals surface area contributed by atoms with E-state index < -0.39 is 22.0 Å². The molecule has 1 unspecified atom stereocenters. The number of rotatable bonds is 6. The van der Waals surface area contributed by atoms with Crippen LogP contribution in [0.25, 0.3) is 0 Å². The lowest BCUT2D eigenvalue weighted by molar-refractivity contribution is 0.0937. The number of carbonyl (C=O) groups excluding carboxylic acids is 1. The normalized spacial score (nSPS) is 16.1. The summed E-state index contributed by atoms with van der Waals surface area (Å²) in [5.41, 5.74) is 0.222. The van der Waals surface area contributed by atoms with Crippen molar-refractivity contribution < 1.29 is 13.2 Å². The fourth-order valence-electron chi connectivity index (χ4n) is 1.87. The summed E-state index contributed by atoms with van der Waals surface area (Å²) in [4.78, 5) is 12.2. The Bertz CT molecular complexity index is 703. The Balaban J connectivity index is 2.17. The average molecular weight is 321 g/mol. The lowest BCUT2D eigenvalue weighted by Crippen LogP contribution is -2.37. The molecule has 0 radical (unpaired) electrons. The number of hydrogen-bond acceptors (Lipinski definition) is 4. The first-order valence-electron chi connectivity index (χ1n) is 7.16. The monoisotopic (exact) mass is 321 g/mol. The van der Waals surface area contributed by atoms with Crippen LogP contribution in [-0.2, 0) is 10.0 Å². The van der Waals surface area contributed by atoms with E-state index in [-0.39, 0.29) is 22.4 Å². The van der Waals surface area contributed by atoms with Crippen molar-refractivity contribution in [2.75, 3.05) is 0 Å². The van der Waals surface area contributed by atoms with Crippen LogP contribution in [0.5, 0.6) is 0 Å². The van der Waals surface area contributed by atoms with Gasteiger partial charge in [-0.3, -0.25) is 4.79 Å². The molecule has 0 spiro atoms. The van der Waals surface area contributed by atoms with Crippen LogP contribution in [0.4, 0.5) is 0 Å². The molecule has 1 fully saturated rings. The van der Waals surface area contributed by atoms with Gasteiger partial charge >= 0.3 is 0 Å². The van der Waals surface area contributed by atoms with Gasteiger partial charge in [-0.15, -0.1) is 0 Å². The van der Waals surface area contributed by atoms with Crippen LogP contribution >= 0.6 is 0 Å². The van der Waals surface area contributed by atoms with Gasteiger partial charge in [0.1, 0.15) is 6.04 Å². The summed E-state index contributed by atoms with van der Waals surface area (Å²) in [7, 11) is -3.60. The predicted molar refractivity (Wildman–Crippen MR) is 81.5 cm³/mol. The van der Waals surface area contributed by atoms with E-state index in [1.54, 1.807) is 0 Å². The second-order valence-corrected chi connectivity index (χ2v) is 7.46. The highest BCUT2D eigenvalue weighted by atomic mass is 32.2. The molecule has 1 aromatic rings. The van der Waals surface area contributed by atoms with Crippen molar-refractivity contribution >= 4 is 15.9 Å². The Hall–Kier alpha value is -1.91. The molecule has 0 heterocycles. The highest BCUT2D eigenvalue weighted by Gasteiger charge is 2.28. The number of hydrogen-bond donors (Lipinski definition) is 2. The largest absolute Gasteiger partial charge is 0.336 e. The molecule has 1 aliphatic carbocycles. The Kier molecular flexibility index (Phi) is 4.84. The molecule has 2 rings (SSSR count). The molecular formula is C15H19N3O3S. The van der Waals surface area contributed by atoms with Crippen LogP contribution in [0.1, 0.15) is 37.0 Å². The van der Waals surface area contributed by atoms with Crippen molar-refractivity contribution in [1.29, 1.82) is 5.26 Å². The molecule has 1 aromatic carbocycles. The molecule has 0 aromatic heterocycles. The van der Waals surface area contributed by atoms with E-state index >= 15 is 0 Å². The third-order valence-electron chi connectivity index (χ3n) is 3.40. The smallest absolute Gasteiger partial charge is 0.252 e. The van der Waals surface area contributed by atoms with Gasteiger partial charge in [-0.1, -0.05) is 19.9 Å². The summed E-state index contributed by atoms with van der Waals surface area (Å²) < 4.78 is 26.9. The van der Waals surface area contributed by atoms with Crippen molar-refractivity contribution in [3.63, 3.8) is 0 Å². The summed E-state index contributed by atoms with van der Waals surface area (Å²) in [6, 6.07) is 7.24. The molecule has 1 atom stereocenters. The highest BCUT2D eigenvalue weighted by Crippen LogP contribution is 2.22. The maximum Gasteiger partial charge on any atom is 0.252 e. The fraction of sp³-hybridized carbons (Fsp3) is 0.467. The second kappa shape index (κ2) is 6.46. The topological polar surface area (TPSA) is 99.1 Å². The number of nitrogens with one attached hydrogen (secondary N) is 2. The van der Waals surface area contributed by atoms with E-state index in [0.717, 1.165) is 12.8 Å². The number of carbonyl (C=O) groups is 1. The SMILES string of the molecule is CC(C)C(C#N)NC(=O)c1cccc(S(=O)(=O)NC2CC2)c1. The lowest BCUT2D eigenvalue weighted by atomic mass is 10.1. The van der Waals surface area contributed by atoms with Gasteiger partial charge in [-0.25, -0.2) is 13.1 Å². The minimum Gasteiger partial charge on any atom is -0.336 e.